The third-order valence-corrected chi connectivity index (χ3v) is 2.65. The van der Waals surface area contributed by atoms with Crippen LogP contribution < -0.4 is 10.1 Å². The summed E-state index contributed by atoms with van der Waals surface area (Å²) in [6.07, 6.45) is 0. The molecular weight excluding hydrogens is 222 g/mol. The normalized spacial score (nSPS) is 10.1. The van der Waals surface area contributed by atoms with Gasteiger partial charge in [0.1, 0.15) is 17.9 Å². The van der Waals surface area contributed by atoms with Gasteiger partial charge >= 0.3 is 0 Å². The zero-order chi connectivity index (χ0) is 11.2. The Morgan fingerprint density at radius 2 is 2.38 bits per heavy atom. The van der Waals surface area contributed by atoms with Crippen molar-refractivity contribution in [3.05, 3.63) is 35.3 Å². The molecule has 0 fully saturated rings. The summed E-state index contributed by atoms with van der Waals surface area (Å²) < 4.78 is 5.58. The molecule has 2 aromatic rings. The number of nitrogens with zero attached hydrogens (tertiary/aromatic N) is 2. The van der Waals surface area contributed by atoms with Gasteiger partial charge in [0.25, 0.3) is 0 Å². The van der Waals surface area contributed by atoms with Gasteiger partial charge in [-0.05, 0) is 24.6 Å². The van der Waals surface area contributed by atoms with Crippen molar-refractivity contribution in [1.29, 1.82) is 0 Å². The summed E-state index contributed by atoms with van der Waals surface area (Å²) in [4.78, 5) is 0. The van der Waals surface area contributed by atoms with Gasteiger partial charge < -0.3 is 10.1 Å². The molecule has 1 aromatic heterocycles. The molecule has 4 nitrogen and oxygen atoms in total. The monoisotopic (exact) mass is 235 g/mol. The lowest BCUT2D eigenvalue weighted by Crippen LogP contribution is -2.11. The summed E-state index contributed by atoms with van der Waals surface area (Å²) in [7, 11) is 0. The highest BCUT2D eigenvalue weighted by atomic mass is 32.1. The molecule has 0 aliphatic heterocycles. The Kier molecular flexibility index (Phi) is 3.71. The molecule has 84 valence electrons. The van der Waals surface area contributed by atoms with Gasteiger partial charge in [-0.25, -0.2) is 0 Å². The van der Waals surface area contributed by atoms with Crippen LogP contribution in [-0.2, 0) is 0 Å². The summed E-state index contributed by atoms with van der Waals surface area (Å²) >= 11 is 1.48. The second-order valence-corrected chi connectivity index (χ2v) is 4.17. The fraction of sp³-hybridized carbons (Fsp3) is 0.273. The third kappa shape index (κ3) is 3.20. The molecule has 1 aromatic carbocycles. The Balaban J connectivity index is 1.72. The molecule has 0 saturated carbocycles. The molecule has 0 aliphatic carbocycles. The van der Waals surface area contributed by atoms with Crippen molar-refractivity contribution < 1.29 is 4.74 Å². The molecule has 2 rings (SSSR count). The molecule has 0 amide bonds. The fourth-order valence-corrected chi connectivity index (χ4v) is 1.76. The van der Waals surface area contributed by atoms with E-state index in [4.69, 9.17) is 4.74 Å². The van der Waals surface area contributed by atoms with Gasteiger partial charge in [-0.3, -0.25) is 0 Å². The number of benzene rings is 1. The molecule has 16 heavy (non-hydrogen) atoms. The van der Waals surface area contributed by atoms with Gasteiger partial charge in [0.2, 0.25) is 5.13 Å². The van der Waals surface area contributed by atoms with Gasteiger partial charge in [-0.1, -0.05) is 23.5 Å². The number of aryl methyl sites for hydroxylation is 1. The average Bonchev–Trinajstić information content (AvgIpc) is 2.77. The first-order chi connectivity index (χ1) is 7.84. The maximum absolute atomic E-state index is 5.58. The highest BCUT2D eigenvalue weighted by molar-refractivity contribution is 7.13. The Hall–Kier alpha value is -1.62. The molecule has 0 radical (unpaired) electrons. The van der Waals surface area contributed by atoms with Crippen LogP contribution in [0.15, 0.2) is 29.8 Å². The fourth-order valence-electron chi connectivity index (χ4n) is 1.28. The highest BCUT2D eigenvalue weighted by Crippen LogP contribution is 2.12. The van der Waals surface area contributed by atoms with E-state index in [2.05, 4.69) is 15.5 Å². The largest absolute Gasteiger partial charge is 0.492 e. The van der Waals surface area contributed by atoms with E-state index in [1.165, 1.54) is 16.9 Å². The minimum atomic E-state index is 0.614. The first-order valence-corrected chi connectivity index (χ1v) is 5.92. The summed E-state index contributed by atoms with van der Waals surface area (Å²) in [6, 6.07) is 8.01. The lowest BCUT2D eigenvalue weighted by Gasteiger charge is -2.06. The van der Waals surface area contributed by atoms with E-state index in [-0.39, 0.29) is 0 Å². The second kappa shape index (κ2) is 5.46. The lowest BCUT2D eigenvalue weighted by molar-refractivity contribution is 0.332. The molecule has 1 N–H and O–H groups in total. The summed E-state index contributed by atoms with van der Waals surface area (Å²) in [5, 5.41) is 11.6. The van der Waals surface area contributed by atoms with Crippen molar-refractivity contribution in [3.63, 3.8) is 0 Å². The van der Waals surface area contributed by atoms with E-state index in [0.717, 1.165) is 17.4 Å². The minimum Gasteiger partial charge on any atom is -0.492 e. The van der Waals surface area contributed by atoms with Gasteiger partial charge in [0.05, 0.1) is 6.54 Å². The lowest BCUT2D eigenvalue weighted by atomic mass is 10.2. The van der Waals surface area contributed by atoms with E-state index in [1.54, 1.807) is 5.51 Å². The van der Waals surface area contributed by atoms with Crippen molar-refractivity contribution in [2.45, 2.75) is 6.92 Å². The Bertz CT molecular complexity index is 431. The Morgan fingerprint density at radius 3 is 3.12 bits per heavy atom. The number of ether oxygens (including phenoxy) is 1. The van der Waals surface area contributed by atoms with Crippen LogP contribution >= 0.6 is 11.3 Å². The van der Waals surface area contributed by atoms with Crippen LogP contribution in [-0.4, -0.2) is 23.3 Å². The van der Waals surface area contributed by atoms with E-state index >= 15 is 0 Å². The molecule has 0 aliphatic rings. The quantitative estimate of drug-likeness (QED) is 0.808. The first kappa shape index (κ1) is 10.9. The summed E-state index contributed by atoms with van der Waals surface area (Å²) in [6.45, 7) is 3.39. The topological polar surface area (TPSA) is 47.0 Å². The molecule has 0 bridgehead atoms. The average molecular weight is 235 g/mol. The number of nitrogens with one attached hydrogen (secondary N) is 1. The molecule has 0 unspecified atom stereocenters. The standard InChI is InChI=1S/C11H13N3OS/c1-9-3-2-4-10(7-9)15-6-5-12-11-14-13-8-16-11/h2-4,7-8H,5-6H2,1H3,(H,12,14). The third-order valence-electron chi connectivity index (χ3n) is 2.00. The predicted octanol–water partition coefficient (Wildman–Crippen LogP) is 2.34. The van der Waals surface area contributed by atoms with Crippen LogP contribution in [0.3, 0.4) is 0 Å². The maximum atomic E-state index is 5.58. The van der Waals surface area contributed by atoms with Crippen LogP contribution in [0, 0.1) is 6.92 Å². The van der Waals surface area contributed by atoms with E-state index in [0.29, 0.717) is 6.61 Å². The van der Waals surface area contributed by atoms with Gasteiger partial charge in [-0.2, -0.15) is 0 Å². The van der Waals surface area contributed by atoms with Gasteiger partial charge in [0.15, 0.2) is 0 Å². The van der Waals surface area contributed by atoms with Crippen LogP contribution in [0.1, 0.15) is 5.56 Å². The smallest absolute Gasteiger partial charge is 0.205 e. The highest BCUT2D eigenvalue weighted by Gasteiger charge is 1.96. The van der Waals surface area contributed by atoms with Crippen LogP contribution in [0.5, 0.6) is 5.75 Å². The van der Waals surface area contributed by atoms with E-state index in [9.17, 15) is 0 Å². The van der Waals surface area contributed by atoms with Crippen LogP contribution in [0.25, 0.3) is 0 Å². The number of anilines is 1. The summed E-state index contributed by atoms with van der Waals surface area (Å²) in [5.41, 5.74) is 2.90. The van der Waals surface area contributed by atoms with Crippen molar-refractivity contribution in [3.8, 4) is 5.75 Å². The number of hydrogen-bond acceptors (Lipinski definition) is 5. The molecule has 0 atom stereocenters. The zero-order valence-corrected chi connectivity index (χ0v) is 9.83. The SMILES string of the molecule is Cc1cccc(OCCNc2nncs2)c1. The summed E-state index contributed by atoms with van der Waals surface area (Å²) in [5.74, 6) is 0.902. The van der Waals surface area contributed by atoms with Crippen molar-refractivity contribution in [2.75, 3.05) is 18.5 Å². The van der Waals surface area contributed by atoms with Crippen molar-refractivity contribution in [2.24, 2.45) is 0 Å². The molecule has 0 saturated heterocycles. The zero-order valence-electron chi connectivity index (χ0n) is 9.01. The van der Waals surface area contributed by atoms with Crippen LogP contribution in [0.4, 0.5) is 5.13 Å². The van der Waals surface area contributed by atoms with Crippen LogP contribution in [0.2, 0.25) is 0 Å². The Morgan fingerprint density at radius 1 is 1.44 bits per heavy atom. The minimum absolute atomic E-state index is 0.614. The molecule has 0 spiro atoms. The van der Waals surface area contributed by atoms with Gasteiger partial charge in [0, 0.05) is 0 Å². The second-order valence-electron chi connectivity index (χ2n) is 3.34. The number of aromatic nitrogens is 2. The number of hydrogen-bond donors (Lipinski definition) is 1. The van der Waals surface area contributed by atoms with Crippen molar-refractivity contribution >= 4 is 16.5 Å². The van der Waals surface area contributed by atoms with E-state index in [1.807, 2.05) is 31.2 Å². The van der Waals surface area contributed by atoms with Gasteiger partial charge in [-0.15, -0.1) is 10.2 Å². The van der Waals surface area contributed by atoms with E-state index < -0.39 is 0 Å². The Labute approximate surface area is 98.3 Å². The predicted molar refractivity (Wildman–Crippen MR) is 65.1 cm³/mol. The molecule has 1 heterocycles. The molecule has 5 heteroatoms. The number of rotatable bonds is 5. The van der Waals surface area contributed by atoms with Crippen molar-refractivity contribution in [1.82, 2.24) is 10.2 Å². The molecular formula is C11H13N3OS. The first-order valence-electron chi connectivity index (χ1n) is 5.04. The maximum Gasteiger partial charge on any atom is 0.205 e.